The molecule has 0 atom stereocenters. The summed E-state index contributed by atoms with van der Waals surface area (Å²) in [6, 6.07) is 9.18. The van der Waals surface area contributed by atoms with Gasteiger partial charge in [0, 0.05) is 17.5 Å². The number of alkyl halides is 6. The van der Waals surface area contributed by atoms with Crippen LogP contribution >= 0.6 is 0 Å². The van der Waals surface area contributed by atoms with Crippen LogP contribution in [0.3, 0.4) is 0 Å². The van der Waals surface area contributed by atoms with Crippen molar-refractivity contribution in [3.8, 4) is 11.5 Å². The molecule has 10 nitrogen and oxygen atoms in total. The SMILES string of the molecule is CCCCCCCCS(=O)(=O)O/N=C(/c1ccc(OCCCOc2ccc(/C(=N/OS(=O)(=O)CCCCCCCC)C(F)(F)F)cc2)cc1)C(F)(F)F. The van der Waals surface area contributed by atoms with Crippen LogP contribution in [0.4, 0.5) is 26.3 Å². The quantitative estimate of drug-likeness (QED) is 0.0398. The lowest BCUT2D eigenvalue weighted by molar-refractivity contribution is -0.0606. The smallest absolute Gasteiger partial charge is 0.437 e. The summed E-state index contributed by atoms with van der Waals surface area (Å²) in [7, 11) is -8.62. The Morgan fingerprint density at radius 2 is 0.830 bits per heavy atom. The van der Waals surface area contributed by atoms with Gasteiger partial charge in [-0.15, -0.1) is 0 Å². The Balaban J connectivity index is 1.87. The third-order valence-electron chi connectivity index (χ3n) is 7.60. The van der Waals surface area contributed by atoms with E-state index in [1.54, 1.807) is 0 Å². The van der Waals surface area contributed by atoms with Gasteiger partial charge in [0.15, 0.2) is 11.4 Å². The van der Waals surface area contributed by atoms with Crippen molar-refractivity contribution >= 4 is 31.7 Å². The number of benzene rings is 2. The topological polar surface area (TPSA) is 130 Å². The first-order valence-electron chi connectivity index (χ1n) is 17.6. The Labute approximate surface area is 308 Å². The molecule has 2 rings (SSSR count). The van der Waals surface area contributed by atoms with E-state index in [0.29, 0.717) is 12.8 Å². The minimum absolute atomic E-state index is 0.0624. The first-order chi connectivity index (χ1) is 25.0. The number of ether oxygens (including phenoxy) is 2. The predicted molar refractivity (Wildman–Crippen MR) is 190 cm³/mol. The van der Waals surface area contributed by atoms with Crippen LogP contribution in [0.1, 0.15) is 108 Å². The highest BCUT2D eigenvalue weighted by Gasteiger charge is 2.39. The molecule has 53 heavy (non-hydrogen) atoms. The van der Waals surface area contributed by atoms with E-state index >= 15 is 0 Å². The molecule has 2 aromatic rings. The molecule has 0 unspecified atom stereocenters. The van der Waals surface area contributed by atoms with Gasteiger partial charge in [0.05, 0.1) is 24.7 Å². The molecular formula is C35H48F6N2O8S2. The molecule has 0 aromatic heterocycles. The Morgan fingerprint density at radius 3 is 1.15 bits per heavy atom. The Bertz CT molecular complexity index is 1510. The summed E-state index contributed by atoms with van der Waals surface area (Å²) in [5.74, 6) is -0.503. The Hall–Kier alpha value is -3.54. The lowest BCUT2D eigenvalue weighted by Crippen LogP contribution is -2.25. The third-order valence-corrected chi connectivity index (χ3v) is 9.78. The van der Waals surface area contributed by atoms with Crippen LogP contribution in [0.15, 0.2) is 58.8 Å². The van der Waals surface area contributed by atoms with Crippen LogP contribution in [0.2, 0.25) is 0 Å². The van der Waals surface area contributed by atoms with Crippen LogP contribution in [0.5, 0.6) is 11.5 Å². The summed E-state index contributed by atoms with van der Waals surface area (Å²) in [5, 5.41) is 5.86. The predicted octanol–water partition coefficient (Wildman–Crippen LogP) is 9.48. The first-order valence-corrected chi connectivity index (χ1v) is 20.7. The molecule has 0 N–H and O–H groups in total. The van der Waals surface area contributed by atoms with Gasteiger partial charge in [-0.05, 0) is 61.4 Å². The van der Waals surface area contributed by atoms with Gasteiger partial charge >= 0.3 is 32.6 Å². The highest BCUT2D eigenvalue weighted by atomic mass is 32.2. The van der Waals surface area contributed by atoms with E-state index in [2.05, 4.69) is 18.9 Å². The lowest BCUT2D eigenvalue weighted by Gasteiger charge is -2.12. The minimum atomic E-state index is -5.00. The molecule has 0 heterocycles. The molecule has 18 heteroatoms. The van der Waals surface area contributed by atoms with Crippen molar-refractivity contribution in [1.82, 2.24) is 0 Å². The third kappa shape index (κ3) is 18.9. The van der Waals surface area contributed by atoms with Gasteiger partial charge in [-0.3, -0.25) is 8.57 Å². The van der Waals surface area contributed by atoms with Crippen LogP contribution in [-0.4, -0.2) is 65.3 Å². The van der Waals surface area contributed by atoms with Crippen LogP contribution in [-0.2, 0) is 28.8 Å². The molecule has 0 saturated heterocycles. The Morgan fingerprint density at radius 1 is 0.509 bits per heavy atom. The van der Waals surface area contributed by atoms with Crippen LogP contribution in [0, 0.1) is 0 Å². The van der Waals surface area contributed by atoms with Gasteiger partial charge in [-0.2, -0.15) is 43.2 Å². The minimum Gasteiger partial charge on any atom is -0.493 e. The van der Waals surface area contributed by atoms with E-state index < -0.39 is 66.6 Å². The summed E-state index contributed by atoms with van der Waals surface area (Å²) in [6.45, 7) is 4.20. The number of hydrogen-bond donors (Lipinski definition) is 0. The maximum atomic E-state index is 13.7. The van der Waals surface area contributed by atoms with Crippen molar-refractivity contribution in [3.05, 3.63) is 59.7 Å². The zero-order chi connectivity index (χ0) is 39.4. The fourth-order valence-electron chi connectivity index (χ4n) is 4.77. The molecule has 0 fully saturated rings. The van der Waals surface area contributed by atoms with Crippen LogP contribution < -0.4 is 9.47 Å². The van der Waals surface area contributed by atoms with Crippen molar-refractivity contribution in [2.45, 2.75) is 110 Å². The van der Waals surface area contributed by atoms with Gasteiger partial charge in [0.2, 0.25) is 0 Å². The highest BCUT2D eigenvalue weighted by molar-refractivity contribution is 7.86. The molecule has 0 aliphatic carbocycles. The molecule has 0 radical (unpaired) electrons. The maximum Gasteiger partial charge on any atom is 0.437 e. The molecule has 0 bridgehead atoms. The first kappa shape index (κ1) is 45.6. The zero-order valence-electron chi connectivity index (χ0n) is 29.9. The van der Waals surface area contributed by atoms with Crippen molar-refractivity contribution in [2.24, 2.45) is 10.3 Å². The average molecular weight is 803 g/mol. The van der Waals surface area contributed by atoms with Gasteiger partial charge in [-0.1, -0.05) is 88.4 Å². The molecule has 2 aromatic carbocycles. The monoisotopic (exact) mass is 802 g/mol. The number of oxime groups is 2. The molecule has 0 saturated carbocycles. The number of halogens is 6. The van der Waals surface area contributed by atoms with Crippen molar-refractivity contribution in [1.29, 1.82) is 0 Å². The van der Waals surface area contributed by atoms with Gasteiger partial charge < -0.3 is 9.47 Å². The molecule has 0 aliphatic rings. The largest absolute Gasteiger partial charge is 0.493 e. The molecule has 300 valence electrons. The number of unbranched alkanes of at least 4 members (excludes halogenated alkanes) is 10. The van der Waals surface area contributed by atoms with E-state index in [-0.39, 0.29) is 44.0 Å². The number of rotatable bonds is 26. The molecule has 0 aliphatic heterocycles. The van der Waals surface area contributed by atoms with E-state index in [4.69, 9.17) is 9.47 Å². The van der Waals surface area contributed by atoms with E-state index in [9.17, 15) is 43.2 Å². The normalized spacial score (nSPS) is 13.2. The summed E-state index contributed by atoms with van der Waals surface area (Å²) in [5.41, 5.74) is -3.92. The second-order valence-corrected chi connectivity index (χ2v) is 15.5. The van der Waals surface area contributed by atoms with Gasteiger partial charge in [0.25, 0.3) is 0 Å². The van der Waals surface area contributed by atoms with Crippen LogP contribution in [0.25, 0.3) is 0 Å². The van der Waals surface area contributed by atoms with Gasteiger partial charge in [-0.25, -0.2) is 0 Å². The summed E-state index contributed by atoms with van der Waals surface area (Å²) in [4.78, 5) is 0. The average Bonchev–Trinajstić information content (AvgIpc) is 3.08. The standard InChI is InChI=1S/C35H48F6N2O8S2/c1-3-5-7-9-11-13-26-52(44,45)50-42-32(34(36,37)38)28-16-20-30(21-17-28)48-24-15-25-49-31-22-18-29(19-23-31)33(35(39,40)41)43-51-53(46,47)27-14-12-10-8-6-4-2/h16-23H,3-15,24-27H2,1-2H3/b42-32-,43-33-. The van der Waals surface area contributed by atoms with E-state index in [0.717, 1.165) is 75.6 Å². The lowest BCUT2D eigenvalue weighted by atomic mass is 10.1. The number of nitrogens with zero attached hydrogens (tertiary/aromatic N) is 2. The second kappa shape index (κ2) is 22.6. The van der Waals surface area contributed by atoms with Crippen molar-refractivity contribution < 1.29 is 61.2 Å². The second-order valence-electron chi connectivity index (χ2n) is 12.2. The van der Waals surface area contributed by atoms with Crippen molar-refractivity contribution in [3.63, 3.8) is 0 Å². The highest BCUT2D eigenvalue weighted by Crippen LogP contribution is 2.27. The van der Waals surface area contributed by atoms with Gasteiger partial charge in [0.1, 0.15) is 11.5 Å². The molecule has 0 spiro atoms. The molecular weight excluding hydrogens is 755 g/mol. The Kier molecular flexibility index (Phi) is 19.5. The molecule has 0 amide bonds. The fourth-order valence-corrected chi connectivity index (χ4v) is 6.41. The van der Waals surface area contributed by atoms with E-state index in [1.807, 2.05) is 13.8 Å². The summed E-state index contributed by atoms with van der Waals surface area (Å²) < 4.78 is 150. The van der Waals surface area contributed by atoms with E-state index in [1.165, 1.54) is 24.3 Å². The maximum absolute atomic E-state index is 13.7. The van der Waals surface area contributed by atoms with Crippen molar-refractivity contribution in [2.75, 3.05) is 24.7 Å². The summed E-state index contributed by atoms with van der Waals surface area (Å²) in [6.07, 6.45) is -0.435. The fraction of sp³-hybridized carbons (Fsp3) is 0.600. The number of hydrogen-bond acceptors (Lipinski definition) is 10. The zero-order valence-corrected chi connectivity index (χ0v) is 31.5. The summed E-state index contributed by atoms with van der Waals surface area (Å²) >= 11 is 0.